The number of benzene rings is 2. The Hall–Kier alpha value is -2.08. The minimum Gasteiger partial charge on any atom is -0.482 e. The number of nitrogens with zero attached hydrogens (tertiary/aromatic N) is 1. The van der Waals surface area contributed by atoms with E-state index >= 15 is 0 Å². The Morgan fingerprint density at radius 2 is 1.93 bits per heavy atom. The summed E-state index contributed by atoms with van der Waals surface area (Å²) >= 11 is 6.05. The van der Waals surface area contributed by atoms with Crippen molar-refractivity contribution < 1.29 is 14.3 Å². The van der Waals surface area contributed by atoms with Crippen LogP contribution in [0.2, 0.25) is 5.02 Å². The maximum absolute atomic E-state index is 12.2. The summed E-state index contributed by atoms with van der Waals surface area (Å²) in [5, 5.41) is 3.58. The van der Waals surface area contributed by atoms with Gasteiger partial charge in [-0.25, -0.2) is 0 Å². The van der Waals surface area contributed by atoms with Crippen molar-refractivity contribution in [2.45, 2.75) is 24.6 Å². The number of morpholine rings is 1. The van der Waals surface area contributed by atoms with Crippen molar-refractivity contribution in [3.63, 3.8) is 0 Å². The smallest absolute Gasteiger partial charge is 0.258 e. The largest absolute Gasteiger partial charge is 0.482 e. The first-order valence-electron chi connectivity index (χ1n) is 9.26. The highest BCUT2D eigenvalue weighted by molar-refractivity contribution is 6.32. The van der Waals surface area contributed by atoms with Crippen LogP contribution < -0.4 is 10.1 Å². The van der Waals surface area contributed by atoms with Crippen LogP contribution in [-0.4, -0.2) is 49.2 Å². The van der Waals surface area contributed by atoms with E-state index in [4.69, 9.17) is 21.1 Å². The molecule has 2 aliphatic heterocycles. The first-order chi connectivity index (χ1) is 13.2. The van der Waals surface area contributed by atoms with Gasteiger partial charge in [0.15, 0.2) is 6.61 Å². The second kappa shape index (κ2) is 8.30. The summed E-state index contributed by atoms with van der Waals surface area (Å²) in [5.74, 6) is 0.401. The first kappa shape index (κ1) is 18.3. The maximum atomic E-state index is 12.2. The molecular weight excluding hydrogens is 364 g/mol. The fourth-order valence-corrected chi connectivity index (χ4v) is 4.01. The zero-order chi connectivity index (χ0) is 18.6. The molecule has 0 bridgehead atoms. The molecule has 0 aromatic heterocycles. The van der Waals surface area contributed by atoms with Gasteiger partial charge < -0.3 is 14.8 Å². The highest BCUT2D eigenvalue weighted by Gasteiger charge is 2.38. The van der Waals surface area contributed by atoms with Gasteiger partial charge in [0.25, 0.3) is 5.91 Å². The van der Waals surface area contributed by atoms with E-state index in [9.17, 15) is 4.79 Å². The third-order valence-corrected chi connectivity index (χ3v) is 5.46. The molecule has 0 saturated carbocycles. The number of para-hydroxylation sites is 1. The van der Waals surface area contributed by atoms with Gasteiger partial charge in [-0.05, 0) is 24.1 Å². The predicted molar refractivity (Wildman–Crippen MR) is 104 cm³/mol. The summed E-state index contributed by atoms with van der Waals surface area (Å²) in [6.07, 6.45) is 1.000. The maximum Gasteiger partial charge on any atom is 0.258 e. The zero-order valence-corrected chi connectivity index (χ0v) is 15.8. The van der Waals surface area contributed by atoms with Crippen molar-refractivity contribution in [1.29, 1.82) is 0 Å². The first-order valence-corrected chi connectivity index (χ1v) is 9.64. The van der Waals surface area contributed by atoms with E-state index < -0.39 is 0 Å². The number of nitrogens with one attached hydrogen (secondary N) is 1. The molecular formula is C21H23ClN2O3. The van der Waals surface area contributed by atoms with Crippen LogP contribution in [0.1, 0.15) is 18.1 Å². The molecule has 6 heteroatoms. The quantitative estimate of drug-likeness (QED) is 0.858. The van der Waals surface area contributed by atoms with Crippen LogP contribution in [0.15, 0.2) is 54.6 Å². The second-order valence-electron chi connectivity index (χ2n) is 7.06. The lowest BCUT2D eigenvalue weighted by Gasteiger charge is -2.35. The molecule has 2 aromatic carbocycles. The lowest BCUT2D eigenvalue weighted by Crippen LogP contribution is -2.43. The van der Waals surface area contributed by atoms with E-state index in [-0.39, 0.29) is 24.7 Å². The summed E-state index contributed by atoms with van der Waals surface area (Å²) in [4.78, 5) is 14.7. The fourth-order valence-electron chi connectivity index (χ4n) is 3.82. The number of amides is 1. The molecule has 0 spiro atoms. The number of hydrogen-bond acceptors (Lipinski definition) is 4. The molecule has 0 aliphatic carbocycles. The van der Waals surface area contributed by atoms with Crippen LogP contribution in [0, 0.1) is 0 Å². The van der Waals surface area contributed by atoms with Gasteiger partial charge in [-0.2, -0.15) is 0 Å². The van der Waals surface area contributed by atoms with Crippen LogP contribution in [-0.2, 0) is 9.53 Å². The van der Waals surface area contributed by atoms with Crippen molar-refractivity contribution in [1.82, 2.24) is 10.2 Å². The Bertz CT molecular complexity index is 786. The highest BCUT2D eigenvalue weighted by atomic mass is 35.5. The molecule has 0 unspecified atom stereocenters. The molecule has 2 aliphatic rings. The van der Waals surface area contributed by atoms with Crippen LogP contribution in [0.3, 0.4) is 0 Å². The average molecular weight is 387 g/mol. The topological polar surface area (TPSA) is 50.8 Å². The number of carbonyl (C=O) groups excluding carboxylic acids is 1. The van der Waals surface area contributed by atoms with Crippen LogP contribution in [0.5, 0.6) is 5.75 Å². The Morgan fingerprint density at radius 1 is 1.15 bits per heavy atom. The molecule has 27 heavy (non-hydrogen) atoms. The minimum atomic E-state index is -0.125. The van der Waals surface area contributed by atoms with E-state index in [1.54, 1.807) is 12.1 Å². The van der Waals surface area contributed by atoms with Crippen molar-refractivity contribution in [3.05, 3.63) is 65.2 Å². The molecule has 5 nitrogen and oxygen atoms in total. The number of rotatable bonds is 5. The van der Waals surface area contributed by atoms with Gasteiger partial charge in [0.05, 0.1) is 17.7 Å². The molecule has 2 fully saturated rings. The minimum absolute atomic E-state index is 0.0337. The third kappa shape index (κ3) is 4.43. The number of carbonyl (C=O) groups is 1. The normalized spacial score (nSPS) is 25.0. The number of hydrogen-bond donors (Lipinski definition) is 1. The van der Waals surface area contributed by atoms with Gasteiger partial charge >= 0.3 is 0 Å². The van der Waals surface area contributed by atoms with Crippen LogP contribution >= 0.6 is 11.6 Å². The van der Waals surface area contributed by atoms with E-state index in [1.165, 1.54) is 5.56 Å². The van der Waals surface area contributed by atoms with Gasteiger partial charge in [0.2, 0.25) is 0 Å². The summed E-state index contributed by atoms with van der Waals surface area (Å²) in [6, 6.07) is 17.9. The van der Waals surface area contributed by atoms with Crippen molar-refractivity contribution in [2.75, 3.05) is 26.3 Å². The number of ether oxygens (including phenoxy) is 2. The van der Waals surface area contributed by atoms with Crippen LogP contribution in [0.25, 0.3) is 0 Å². The van der Waals surface area contributed by atoms with Gasteiger partial charge in [-0.1, -0.05) is 54.1 Å². The Labute approximate surface area is 164 Å². The lowest BCUT2D eigenvalue weighted by atomic mass is 10.1. The Balaban J connectivity index is 1.27. The van der Waals surface area contributed by atoms with Crippen LogP contribution in [0.4, 0.5) is 0 Å². The predicted octanol–water partition coefficient (Wildman–Crippen LogP) is 3.05. The van der Waals surface area contributed by atoms with Gasteiger partial charge in [0.1, 0.15) is 5.75 Å². The highest BCUT2D eigenvalue weighted by Crippen LogP contribution is 2.30. The molecule has 2 heterocycles. The average Bonchev–Trinajstić information content (AvgIpc) is 3.09. The summed E-state index contributed by atoms with van der Waals surface area (Å²) in [7, 11) is 0. The standard InChI is InChI=1S/C21H23ClN2O3/c22-18-8-4-5-9-19(18)27-14-21(25)23-16-10-17-13-26-20(12-24(17)11-16)15-6-2-1-3-7-15/h1-9,16-17,20H,10-14H2,(H,23,25)/t16-,17+,20-/m1/s1. The number of fused-ring (bicyclic) bond motifs is 1. The molecule has 0 radical (unpaired) electrons. The molecule has 1 amide bonds. The van der Waals surface area contributed by atoms with Crippen molar-refractivity contribution >= 4 is 17.5 Å². The zero-order valence-electron chi connectivity index (χ0n) is 15.0. The molecule has 1 N–H and O–H groups in total. The van der Waals surface area contributed by atoms with E-state index in [0.29, 0.717) is 23.4 Å². The van der Waals surface area contributed by atoms with Crippen molar-refractivity contribution in [2.24, 2.45) is 0 Å². The van der Waals surface area contributed by atoms with Gasteiger partial charge in [-0.3, -0.25) is 9.69 Å². The molecule has 2 aromatic rings. The SMILES string of the molecule is O=C(COc1ccccc1Cl)N[C@@H]1C[C@H]2CO[C@@H](c3ccccc3)CN2C1. The Morgan fingerprint density at radius 3 is 2.74 bits per heavy atom. The van der Waals surface area contributed by atoms with E-state index in [2.05, 4.69) is 22.3 Å². The summed E-state index contributed by atoms with van der Waals surface area (Å²) in [5.41, 5.74) is 1.21. The lowest BCUT2D eigenvalue weighted by molar-refractivity contribution is -0.123. The summed E-state index contributed by atoms with van der Waals surface area (Å²) < 4.78 is 11.6. The van der Waals surface area contributed by atoms with E-state index in [1.807, 2.05) is 30.3 Å². The fraction of sp³-hybridized carbons (Fsp3) is 0.381. The molecule has 3 atom stereocenters. The molecule has 2 saturated heterocycles. The molecule has 4 rings (SSSR count). The second-order valence-corrected chi connectivity index (χ2v) is 7.47. The Kier molecular flexibility index (Phi) is 5.62. The third-order valence-electron chi connectivity index (χ3n) is 5.15. The summed E-state index contributed by atoms with van der Waals surface area (Å²) in [6.45, 7) is 2.36. The van der Waals surface area contributed by atoms with Gasteiger partial charge in [0, 0.05) is 25.2 Å². The molecule has 142 valence electrons. The number of halogens is 1. The van der Waals surface area contributed by atoms with Gasteiger partial charge in [-0.15, -0.1) is 0 Å². The van der Waals surface area contributed by atoms with E-state index in [0.717, 1.165) is 19.5 Å². The monoisotopic (exact) mass is 386 g/mol. The van der Waals surface area contributed by atoms with Crippen molar-refractivity contribution in [3.8, 4) is 5.75 Å².